The maximum atomic E-state index is 12.5. The first-order valence-corrected chi connectivity index (χ1v) is 8.40. The Kier molecular flexibility index (Phi) is 4.95. The summed E-state index contributed by atoms with van der Waals surface area (Å²) in [6.45, 7) is 1.81. The summed E-state index contributed by atoms with van der Waals surface area (Å²) in [7, 11) is -3.61. The van der Waals surface area contributed by atoms with Gasteiger partial charge in [0.25, 0.3) is 0 Å². The molecule has 1 amide bonds. The molecule has 0 aromatic heterocycles. The van der Waals surface area contributed by atoms with Crippen LogP contribution in [0, 0.1) is 0 Å². The van der Waals surface area contributed by atoms with Gasteiger partial charge in [0.15, 0.2) is 0 Å². The van der Waals surface area contributed by atoms with Crippen molar-refractivity contribution < 1.29 is 13.2 Å². The summed E-state index contributed by atoms with van der Waals surface area (Å²) < 4.78 is 25.0. The standard InChI is InChI=1S/C16H18N2O3S/c1-2-15(17)16(19)18-12-7-6-10-14(11-12)22(20,21)13-8-4-3-5-9-13/h3-11,15H,2,17H2,1H3,(H,18,19). The van der Waals surface area contributed by atoms with Crippen molar-refractivity contribution in [3.8, 4) is 0 Å². The second kappa shape index (κ2) is 6.72. The van der Waals surface area contributed by atoms with Crippen LogP contribution in [0.4, 0.5) is 5.69 Å². The largest absolute Gasteiger partial charge is 0.325 e. The highest BCUT2D eigenvalue weighted by molar-refractivity contribution is 7.91. The minimum absolute atomic E-state index is 0.126. The van der Waals surface area contributed by atoms with Crippen molar-refractivity contribution >= 4 is 21.4 Å². The van der Waals surface area contributed by atoms with Gasteiger partial charge in [0.1, 0.15) is 0 Å². The summed E-state index contributed by atoms with van der Waals surface area (Å²) in [5.74, 6) is -0.336. The average Bonchev–Trinajstić information content (AvgIpc) is 2.55. The van der Waals surface area contributed by atoms with Crippen molar-refractivity contribution in [1.29, 1.82) is 0 Å². The SMILES string of the molecule is CCC(N)C(=O)Nc1cccc(S(=O)(=O)c2ccccc2)c1. The Morgan fingerprint density at radius 3 is 2.36 bits per heavy atom. The number of hydrogen-bond acceptors (Lipinski definition) is 4. The van der Waals surface area contributed by atoms with E-state index in [-0.39, 0.29) is 15.7 Å². The first-order chi connectivity index (χ1) is 10.4. The molecule has 0 spiro atoms. The van der Waals surface area contributed by atoms with Gasteiger partial charge >= 0.3 is 0 Å². The van der Waals surface area contributed by atoms with E-state index in [2.05, 4.69) is 5.32 Å². The van der Waals surface area contributed by atoms with Crippen molar-refractivity contribution in [2.75, 3.05) is 5.32 Å². The molecule has 0 saturated carbocycles. The van der Waals surface area contributed by atoms with Gasteiger partial charge in [0, 0.05) is 5.69 Å². The molecule has 2 rings (SSSR count). The van der Waals surface area contributed by atoms with E-state index >= 15 is 0 Å². The molecule has 116 valence electrons. The Morgan fingerprint density at radius 2 is 1.73 bits per heavy atom. The van der Waals surface area contributed by atoms with Gasteiger partial charge in [-0.1, -0.05) is 31.2 Å². The first kappa shape index (κ1) is 16.2. The molecule has 0 bridgehead atoms. The number of nitrogens with one attached hydrogen (secondary N) is 1. The molecule has 0 saturated heterocycles. The molecule has 0 aliphatic heterocycles. The van der Waals surface area contributed by atoms with Crippen LogP contribution in [0.25, 0.3) is 0 Å². The van der Waals surface area contributed by atoms with Crippen molar-refractivity contribution in [3.63, 3.8) is 0 Å². The van der Waals surface area contributed by atoms with Gasteiger partial charge in [0.2, 0.25) is 15.7 Å². The van der Waals surface area contributed by atoms with Crippen LogP contribution in [0.2, 0.25) is 0 Å². The number of carbonyl (C=O) groups excluding carboxylic acids is 1. The lowest BCUT2D eigenvalue weighted by molar-refractivity contribution is -0.117. The number of anilines is 1. The summed E-state index contributed by atoms with van der Waals surface area (Å²) >= 11 is 0. The highest BCUT2D eigenvalue weighted by Gasteiger charge is 2.18. The van der Waals surface area contributed by atoms with Crippen molar-refractivity contribution in [2.45, 2.75) is 29.2 Å². The van der Waals surface area contributed by atoms with E-state index in [0.717, 1.165) is 0 Å². The van der Waals surface area contributed by atoms with Gasteiger partial charge in [-0.3, -0.25) is 4.79 Å². The third kappa shape index (κ3) is 3.52. The first-order valence-electron chi connectivity index (χ1n) is 6.92. The maximum Gasteiger partial charge on any atom is 0.241 e. The smallest absolute Gasteiger partial charge is 0.241 e. The van der Waals surface area contributed by atoms with Crippen molar-refractivity contribution in [2.24, 2.45) is 5.73 Å². The van der Waals surface area contributed by atoms with Crippen LogP contribution >= 0.6 is 0 Å². The van der Waals surface area contributed by atoms with Crippen LogP contribution in [0.5, 0.6) is 0 Å². The normalized spacial score (nSPS) is 12.6. The lowest BCUT2D eigenvalue weighted by Gasteiger charge is -2.11. The van der Waals surface area contributed by atoms with E-state index in [4.69, 9.17) is 5.73 Å². The van der Waals surface area contributed by atoms with Crippen LogP contribution < -0.4 is 11.1 Å². The maximum absolute atomic E-state index is 12.5. The predicted molar refractivity (Wildman–Crippen MR) is 85.2 cm³/mol. The topological polar surface area (TPSA) is 89.3 Å². The molecule has 0 radical (unpaired) electrons. The molecule has 0 fully saturated rings. The number of sulfone groups is 1. The lowest BCUT2D eigenvalue weighted by atomic mass is 10.2. The zero-order valence-electron chi connectivity index (χ0n) is 12.2. The van der Waals surface area contributed by atoms with Crippen molar-refractivity contribution in [3.05, 3.63) is 54.6 Å². The highest BCUT2D eigenvalue weighted by Crippen LogP contribution is 2.23. The molecule has 0 aliphatic rings. The summed E-state index contributed by atoms with van der Waals surface area (Å²) in [5, 5.41) is 2.63. The van der Waals surface area contributed by atoms with E-state index in [1.807, 2.05) is 0 Å². The average molecular weight is 318 g/mol. The highest BCUT2D eigenvalue weighted by atomic mass is 32.2. The minimum Gasteiger partial charge on any atom is -0.325 e. The van der Waals surface area contributed by atoms with Crippen LogP contribution in [-0.2, 0) is 14.6 Å². The number of hydrogen-bond donors (Lipinski definition) is 2. The fourth-order valence-corrected chi connectivity index (χ4v) is 3.22. The summed E-state index contributed by atoms with van der Waals surface area (Å²) in [6, 6.07) is 13.7. The molecule has 5 nitrogen and oxygen atoms in total. The molecule has 1 unspecified atom stereocenters. The van der Waals surface area contributed by atoms with Crippen LogP contribution in [0.3, 0.4) is 0 Å². The van der Waals surface area contributed by atoms with E-state index < -0.39 is 15.9 Å². The summed E-state index contributed by atoms with van der Waals surface area (Å²) in [4.78, 5) is 12.1. The monoisotopic (exact) mass is 318 g/mol. The van der Waals surface area contributed by atoms with Crippen molar-refractivity contribution in [1.82, 2.24) is 0 Å². The molecule has 2 aromatic carbocycles. The fourth-order valence-electron chi connectivity index (χ4n) is 1.90. The van der Waals surface area contributed by atoms with Gasteiger partial charge < -0.3 is 11.1 Å². The molecule has 22 heavy (non-hydrogen) atoms. The second-order valence-electron chi connectivity index (χ2n) is 4.85. The third-order valence-electron chi connectivity index (χ3n) is 3.24. The Bertz CT molecular complexity index is 758. The number of benzene rings is 2. The molecule has 0 aliphatic carbocycles. The van der Waals surface area contributed by atoms with E-state index in [1.54, 1.807) is 37.3 Å². The molecule has 1 atom stereocenters. The quantitative estimate of drug-likeness (QED) is 0.884. The van der Waals surface area contributed by atoms with Gasteiger partial charge in [-0.25, -0.2) is 8.42 Å². The summed E-state index contributed by atoms with van der Waals surface area (Å²) in [6.07, 6.45) is 0.508. The fraction of sp³-hybridized carbons (Fsp3) is 0.188. The van der Waals surface area contributed by atoms with Gasteiger partial charge in [-0.2, -0.15) is 0 Å². The van der Waals surface area contributed by atoms with E-state index in [1.165, 1.54) is 24.3 Å². The van der Waals surface area contributed by atoms with E-state index in [0.29, 0.717) is 12.1 Å². The van der Waals surface area contributed by atoms with Crippen LogP contribution in [-0.4, -0.2) is 20.4 Å². The number of carbonyl (C=O) groups is 1. The lowest BCUT2D eigenvalue weighted by Crippen LogP contribution is -2.34. The van der Waals surface area contributed by atoms with Gasteiger partial charge in [-0.05, 0) is 36.8 Å². The molecular formula is C16H18N2O3S. The Balaban J connectivity index is 2.31. The Hall–Kier alpha value is -2.18. The minimum atomic E-state index is -3.61. The van der Waals surface area contributed by atoms with Crippen LogP contribution in [0.15, 0.2) is 64.4 Å². The Labute approximate surface area is 130 Å². The zero-order valence-corrected chi connectivity index (χ0v) is 13.0. The number of amides is 1. The summed E-state index contributed by atoms with van der Waals surface area (Å²) in [5.41, 5.74) is 6.06. The predicted octanol–water partition coefficient (Wildman–Crippen LogP) is 2.20. The second-order valence-corrected chi connectivity index (χ2v) is 6.80. The molecule has 2 aromatic rings. The molecular weight excluding hydrogens is 300 g/mol. The number of nitrogens with two attached hydrogens (primary N) is 1. The Morgan fingerprint density at radius 1 is 1.09 bits per heavy atom. The molecule has 3 N–H and O–H groups in total. The number of rotatable bonds is 5. The zero-order chi connectivity index (χ0) is 16.2. The van der Waals surface area contributed by atoms with Gasteiger partial charge in [-0.15, -0.1) is 0 Å². The van der Waals surface area contributed by atoms with Crippen LogP contribution in [0.1, 0.15) is 13.3 Å². The van der Waals surface area contributed by atoms with E-state index in [9.17, 15) is 13.2 Å². The van der Waals surface area contributed by atoms with Gasteiger partial charge in [0.05, 0.1) is 15.8 Å². The third-order valence-corrected chi connectivity index (χ3v) is 5.01. The molecule has 6 heteroatoms. The molecule has 0 heterocycles.